The third kappa shape index (κ3) is 5.13. The maximum absolute atomic E-state index is 14.9. The average molecular weight is 708 g/mol. The molecule has 8 rings (SSSR count). The van der Waals surface area contributed by atoms with Crippen molar-refractivity contribution in [2.75, 3.05) is 12.0 Å². The molecule has 15 heteroatoms. The van der Waals surface area contributed by atoms with Crippen LogP contribution in [0.4, 0.5) is 15.3 Å². The molecule has 2 N–H and O–H groups in total. The van der Waals surface area contributed by atoms with E-state index in [0.717, 1.165) is 22.0 Å². The van der Waals surface area contributed by atoms with E-state index in [4.69, 9.17) is 9.72 Å². The van der Waals surface area contributed by atoms with E-state index in [9.17, 15) is 18.0 Å². The number of fused-ring (bicyclic) bond motifs is 4. The first-order valence-corrected chi connectivity index (χ1v) is 18.2. The molecular weight excluding hydrogens is 671 g/mol. The molecule has 1 atom stereocenters. The SMILES string of the molecule is COC(=O)NC1CC(N2C(=O)NC(C)c3cnc4c(c(-c5ccc6c(cnn6C(C)C)c5)c(-c5cnn(C)c5)n4S(=O)(=O)c4ccccc4)c32)C1. The first kappa shape index (κ1) is 32.5. The number of anilines is 1. The minimum atomic E-state index is -4.26. The van der Waals surface area contributed by atoms with Gasteiger partial charge in [0.1, 0.15) is 0 Å². The highest BCUT2D eigenvalue weighted by Gasteiger charge is 2.44. The number of hydrogen-bond donors (Lipinski definition) is 2. The van der Waals surface area contributed by atoms with Crippen molar-refractivity contribution < 1.29 is 22.7 Å². The van der Waals surface area contributed by atoms with Crippen molar-refractivity contribution in [1.82, 2.24) is 39.2 Å². The van der Waals surface area contributed by atoms with E-state index in [1.807, 2.05) is 29.8 Å². The first-order valence-electron chi connectivity index (χ1n) is 16.8. The van der Waals surface area contributed by atoms with Gasteiger partial charge in [-0.15, -0.1) is 0 Å². The molecule has 0 spiro atoms. The normalized spacial score (nSPS) is 18.9. The maximum atomic E-state index is 14.9. The number of amides is 3. The van der Waals surface area contributed by atoms with Gasteiger partial charge in [-0.2, -0.15) is 10.2 Å². The summed E-state index contributed by atoms with van der Waals surface area (Å²) in [6.07, 6.45) is 7.30. The summed E-state index contributed by atoms with van der Waals surface area (Å²) >= 11 is 0. The minimum absolute atomic E-state index is 0.0884. The molecule has 0 radical (unpaired) electrons. The van der Waals surface area contributed by atoms with Gasteiger partial charge < -0.3 is 15.4 Å². The molecule has 0 saturated heterocycles. The van der Waals surface area contributed by atoms with E-state index in [2.05, 4.69) is 34.7 Å². The Morgan fingerprint density at radius 3 is 2.49 bits per heavy atom. The fourth-order valence-corrected chi connectivity index (χ4v) is 8.87. The van der Waals surface area contributed by atoms with Crippen molar-refractivity contribution in [1.29, 1.82) is 0 Å². The first-order chi connectivity index (χ1) is 24.5. The average Bonchev–Trinajstić information content (AvgIpc) is 3.82. The Balaban J connectivity index is 1.47. The van der Waals surface area contributed by atoms with Gasteiger partial charge in [-0.05, 0) is 63.4 Å². The predicted molar refractivity (Wildman–Crippen MR) is 192 cm³/mol. The van der Waals surface area contributed by atoms with Gasteiger partial charge in [0.25, 0.3) is 10.0 Å². The monoisotopic (exact) mass is 707 g/mol. The molecule has 3 amide bonds. The summed E-state index contributed by atoms with van der Waals surface area (Å²) in [5, 5.41) is 16.4. The van der Waals surface area contributed by atoms with Gasteiger partial charge in [0, 0.05) is 59.6 Å². The van der Waals surface area contributed by atoms with Crippen LogP contribution in [0, 0.1) is 0 Å². The molecule has 1 aliphatic heterocycles. The molecule has 1 fully saturated rings. The summed E-state index contributed by atoms with van der Waals surface area (Å²) in [5.41, 5.74) is 4.69. The van der Waals surface area contributed by atoms with E-state index < -0.39 is 22.2 Å². The van der Waals surface area contributed by atoms with E-state index in [1.54, 1.807) is 71.7 Å². The van der Waals surface area contributed by atoms with Crippen LogP contribution in [0.15, 0.2) is 78.2 Å². The lowest BCUT2D eigenvalue weighted by atomic mass is 9.84. The predicted octanol–water partition coefficient (Wildman–Crippen LogP) is 5.75. The quantitative estimate of drug-likeness (QED) is 0.212. The van der Waals surface area contributed by atoms with Crippen molar-refractivity contribution >= 4 is 49.8 Å². The number of nitrogens with zero attached hydrogens (tertiary/aromatic N) is 7. The standard InChI is InChI=1S/C36H37N9O5S/c1-20(2)44-29-12-11-22(13-23(29)16-39-44)30-31-33-28(21(3)40-35(46)43(33)26-14-25(15-26)41-36(47)50-5)18-37-34(31)45(32(30)24-17-38-42(4)19-24)51(48,49)27-9-7-6-8-10-27/h6-13,16-21,25-26H,14-15H2,1-5H3,(H,40,46)(H,41,47). The lowest BCUT2D eigenvalue weighted by Crippen LogP contribution is -2.59. The van der Waals surface area contributed by atoms with Gasteiger partial charge in [0.15, 0.2) is 5.65 Å². The van der Waals surface area contributed by atoms with Crippen LogP contribution in [0.25, 0.3) is 44.3 Å². The Kier molecular flexibility index (Phi) is 7.63. The second kappa shape index (κ2) is 12.0. The van der Waals surface area contributed by atoms with Crippen molar-refractivity contribution in [3.05, 3.63) is 78.9 Å². The van der Waals surface area contributed by atoms with Crippen LogP contribution in [0.2, 0.25) is 0 Å². The zero-order valence-corrected chi connectivity index (χ0v) is 29.5. The molecule has 4 aromatic heterocycles. The molecule has 2 aliphatic rings. The second-order valence-electron chi connectivity index (χ2n) is 13.4. The number of urea groups is 1. The number of carbonyl (C=O) groups excluding carboxylic acids is 2. The number of methoxy groups -OCH3 is 1. The fraction of sp³-hybridized carbons (Fsp3) is 0.306. The summed E-state index contributed by atoms with van der Waals surface area (Å²) in [4.78, 5) is 32.7. The van der Waals surface area contributed by atoms with Crippen LogP contribution in [0.3, 0.4) is 0 Å². The van der Waals surface area contributed by atoms with Gasteiger partial charge in [-0.25, -0.2) is 27.0 Å². The molecule has 14 nitrogen and oxygen atoms in total. The number of hydrogen-bond acceptors (Lipinski definition) is 8. The van der Waals surface area contributed by atoms with Crippen molar-refractivity contribution in [3.63, 3.8) is 0 Å². The van der Waals surface area contributed by atoms with Crippen LogP contribution < -0.4 is 15.5 Å². The molecule has 6 aromatic rings. The highest BCUT2D eigenvalue weighted by atomic mass is 32.2. The number of nitrogens with one attached hydrogen (secondary N) is 2. The van der Waals surface area contributed by atoms with Crippen LogP contribution >= 0.6 is 0 Å². The number of aryl methyl sites for hydroxylation is 1. The molecule has 2 aromatic carbocycles. The molecule has 5 heterocycles. The maximum Gasteiger partial charge on any atom is 0.407 e. The number of alkyl carbamates (subject to hydrolysis) is 1. The number of carbonyl (C=O) groups is 2. The van der Waals surface area contributed by atoms with E-state index in [0.29, 0.717) is 40.7 Å². The Bertz CT molecular complexity index is 2460. The Labute approximate surface area is 294 Å². The van der Waals surface area contributed by atoms with E-state index in [-0.39, 0.29) is 34.7 Å². The fourth-order valence-electron chi connectivity index (χ4n) is 7.36. The zero-order valence-electron chi connectivity index (χ0n) is 28.7. The molecule has 1 aliphatic carbocycles. The zero-order chi connectivity index (χ0) is 35.8. The summed E-state index contributed by atoms with van der Waals surface area (Å²) in [6, 6.07) is 13.1. The number of aromatic nitrogens is 6. The lowest BCUT2D eigenvalue weighted by Gasteiger charge is -2.46. The molecule has 0 bridgehead atoms. The lowest BCUT2D eigenvalue weighted by molar-refractivity contribution is 0.155. The Morgan fingerprint density at radius 2 is 1.80 bits per heavy atom. The van der Waals surface area contributed by atoms with Gasteiger partial charge >= 0.3 is 12.1 Å². The molecule has 1 unspecified atom stereocenters. The van der Waals surface area contributed by atoms with Crippen LogP contribution in [-0.4, -0.2) is 68.3 Å². The minimum Gasteiger partial charge on any atom is -0.453 e. The largest absolute Gasteiger partial charge is 0.453 e. The van der Waals surface area contributed by atoms with Gasteiger partial charge in [0.05, 0.1) is 52.7 Å². The summed E-state index contributed by atoms with van der Waals surface area (Å²) in [5.74, 6) is 0. The molecular formula is C36H37N9O5S. The van der Waals surface area contributed by atoms with Crippen molar-refractivity contribution in [2.24, 2.45) is 7.05 Å². The number of pyridine rings is 1. The van der Waals surface area contributed by atoms with E-state index in [1.165, 1.54) is 11.1 Å². The van der Waals surface area contributed by atoms with Gasteiger partial charge in [-0.1, -0.05) is 24.3 Å². The summed E-state index contributed by atoms with van der Waals surface area (Å²) < 4.78 is 39.4. The van der Waals surface area contributed by atoms with Crippen molar-refractivity contribution in [2.45, 2.75) is 62.7 Å². The Hall–Kier alpha value is -5.70. The van der Waals surface area contributed by atoms with Gasteiger partial charge in [-0.3, -0.25) is 14.3 Å². The van der Waals surface area contributed by atoms with E-state index >= 15 is 0 Å². The Morgan fingerprint density at radius 1 is 1.04 bits per heavy atom. The number of ether oxygens (including phenoxy) is 1. The third-order valence-electron chi connectivity index (χ3n) is 9.83. The number of benzene rings is 2. The van der Waals surface area contributed by atoms with Crippen molar-refractivity contribution in [3.8, 4) is 22.4 Å². The van der Waals surface area contributed by atoms with Crippen LogP contribution in [0.5, 0.6) is 0 Å². The third-order valence-corrected chi connectivity index (χ3v) is 11.5. The number of rotatable bonds is 7. The van der Waals surface area contributed by atoms with Gasteiger partial charge in [0.2, 0.25) is 0 Å². The molecule has 1 saturated carbocycles. The highest BCUT2D eigenvalue weighted by Crippen LogP contribution is 2.50. The summed E-state index contributed by atoms with van der Waals surface area (Å²) in [7, 11) is -1.17. The molecule has 262 valence electrons. The summed E-state index contributed by atoms with van der Waals surface area (Å²) in [6.45, 7) is 6.01. The topological polar surface area (TPSA) is 158 Å². The smallest absolute Gasteiger partial charge is 0.407 e. The van der Waals surface area contributed by atoms with Crippen LogP contribution in [-0.2, 0) is 21.8 Å². The highest BCUT2D eigenvalue weighted by molar-refractivity contribution is 7.90. The second-order valence-corrected chi connectivity index (χ2v) is 15.2. The molecule has 51 heavy (non-hydrogen) atoms. The van der Waals surface area contributed by atoms with Crippen LogP contribution in [0.1, 0.15) is 51.3 Å².